The second-order valence-corrected chi connectivity index (χ2v) is 5.70. The third kappa shape index (κ3) is 3.48. The van der Waals surface area contributed by atoms with E-state index in [2.05, 4.69) is 54.5 Å². The maximum Gasteiger partial charge on any atom is -0.0121 e. The van der Waals surface area contributed by atoms with Crippen molar-refractivity contribution < 1.29 is 0 Å². The average Bonchev–Trinajstić information content (AvgIpc) is 2.03. The van der Waals surface area contributed by atoms with E-state index in [9.17, 15) is 0 Å². The van der Waals surface area contributed by atoms with Crippen molar-refractivity contribution in [2.45, 2.75) is 67.7 Å². The summed E-state index contributed by atoms with van der Waals surface area (Å²) >= 11 is 0. The van der Waals surface area contributed by atoms with Crippen LogP contribution in [-0.2, 0) is 0 Å². The Kier molecular flexibility index (Phi) is 4.91. The number of rotatable bonds is 5. The minimum absolute atomic E-state index is 0.309. The molecule has 0 N–H and O–H groups in total. The maximum atomic E-state index is 2.46. The first kappa shape index (κ1) is 13.7. The van der Waals surface area contributed by atoms with Crippen molar-refractivity contribution in [1.29, 1.82) is 0 Å². The van der Waals surface area contributed by atoms with Gasteiger partial charge >= 0.3 is 0 Å². The van der Waals surface area contributed by atoms with E-state index in [0.29, 0.717) is 10.8 Å². The first-order valence-electron chi connectivity index (χ1n) is 5.95. The van der Waals surface area contributed by atoms with Crippen LogP contribution in [-0.4, -0.2) is 0 Å². The van der Waals surface area contributed by atoms with Gasteiger partial charge in [-0.05, 0) is 30.6 Å². The lowest BCUT2D eigenvalue weighted by molar-refractivity contribution is 0.149. The fourth-order valence-corrected chi connectivity index (χ4v) is 1.86. The van der Waals surface area contributed by atoms with Crippen LogP contribution < -0.4 is 0 Å². The number of hydrogen-bond donors (Lipinski definition) is 0. The van der Waals surface area contributed by atoms with E-state index in [1.54, 1.807) is 0 Å². The second-order valence-electron chi connectivity index (χ2n) is 5.70. The van der Waals surface area contributed by atoms with Gasteiger partial charge in [-0.2, -0.15) is 0 Å². The van der Waals surface area contributed by atoms with Gasteiger partial charge in [-0.15, -0.1) is 0 Å². The summed E-state index contributed by atoms with van der Waals surface area (Å²) in [6.45, 7) is 16.2. The van der Waals surface area contributed by atoms with Crippen molar-refractivity contribution in [3.63, 3.8) is 0 Å². The highest BCUT2D eigenvalue weighted by Crippen LogP contribution is 2.43. The fourth-order valence-electron chi connectivity index (χ4n) is 1.86. The molecule has 0 saturated carbocycles. The molecule has 0 heteroatoms. The molecule has 0 bridgehead atoms. The minimum Gasteiger partial charge on any atom is -0.0794 e. The Hall–Kier alpha value is -0.260. The fraction of sp³-hybridized carbons (Fsp3) is 0.857. The normalized spacial score (nSPS) is 14.6. The Balaban J connectivity index is 4.75. The smallest absolute Gasteiger partial charge is 0.0121 e. The number of hydrogen-bond acceptors (Lipinski definition) is 0. The molecule has 0 radical (unpaired) electrons. The largest absolute Gasteiger partial charge is 0.0794 e. The highest BCUT2D eigenvalue weighted by Gasteiger charge is 2.33. The van der Waals surface area contributed by atoms with E-state index in [1.807, 2.05) is 0 Å². The van der Waals surface area contributed by atoms with Crippen molar-refractivity contribution >= 4 is 0 Å². The summed E-state index contributed by atoms with van der Waals surface area (Å²) in [6.07, 6.45) is 6.21. The molecule has 0 aromatic heterocycles. The molecule has 0 aliphatic heterocycles. The summed E-state index contributed by atoms with van der Waals surface area (Å²) in [5, 5.41) is 0. The second kappa shape index (κ2) is 5.00. The predicted octanol–water partition coefficient (Wildman–Crippen LogP) is 5.20. The van der Waals surface area contributed by atoms with Crippen molar-refractivity contribution in [2.24, 2.45) is 10.8 Å². The van der Waals surface area contributed by atoms with Crippen LogP contribution in [0.5, 0.6) is 0 Å². The molecule has 0 saturated heterocycles. The SMILES string of the molecule is CCCC(C)(C)C(C)(C)C=C(C)CC. The van der Waals surface area contributed by atoms with Gasteiger partial charge in [0.2, 0.25) is 0 Å². The molecule has 0 spiro atoms. The molecule has 0 heterocycles. The molecule has 0 nitrogen and oxygen atoms in total. The van der Waals surface area contributed by atoms with Gasteiger partial charge in [0, 0.05) is 0 Å². The van der Waals surface area contributed by atoms with Crippen molar-refractivity contribution in [3.05, 3.63) is 11.6 Å². The third-order valence-electron chi connectivity index (χ3n) is 3.78. The van der Waals surface area contributed by atoms with E-state index < -0.39 is 0 Å². The lowest BCUT2D eigenvalue weighted by Gasteiger charge is -2.40. The van der Waals surface area contributed by atoms with Crippen molar-refractivity contribution in [2.75, 3.05) is 0 Å². The first-order valence-corrected chi connectivity index (χ1v) is 5.95. The van der Waals surface area contributed by atoms with Crippen LogP contribution in [0.15, 0.2) is 11.6 Å². The van der Waals surface area contributed by atoms with E-state index in [0.717, 1.165) is 0 Å². The third-order valence-corrected chi connectivity index (χ3v) is 3.78. The Morgan fingerprint density at radius 3 is 1.93 bits per heavy atom. The lowest BCUT2D eigenvalue weighted by atomic mass is 9.65. The quantitative estimate of drug-likeness (QED) is 0.530. The molecule has 0 unspecified atom stereocenters. The zero-order valence-electron chi connectivity index (χ0n) is 11.2. The van der Waals surface area contributed by atoms with Crippen LogP contribution in [0.1, 0.15) is 67.7 Å². The Morgan fingerprint density at radius 1 is 1.07 bits per heavy atom. The predicted molar refractivity (Wildman–Crippen MR) is 66.5 cm³/mol. The maximum absolute atomic E-state index is 2.46. The van der Waals surface area contributed by atoms with Crippen LogP contribution >= 0.6 is 0 Å². The van der Waals surface area contributed by atoms with Gasteiger partial charge in [-0.25, -0.2) is 0 Å². The van der Waals surface area contributed by atoms with E-state index in [1.165, 1.54) is 24.8 Å². The van der Waals surface area contributed by atoms with Crippen LogP contribution in [0.4, 0.5) is 0 Å². The molecular formula is C14H28. The molecule has 14 heavy (non-hydrogen) atoms. The van der Waals surface area contributed by atoms with Gasteiger partial charge in [-0.1, -0.05) is 59.6 Å². The molecule has 0 aliphatic rings. The highest BCUT2D eigenvalue weighted by molar-refractivity contribution is 5.08. The van der Waals surface area contributed by atoms with Crippen LogP contribution in [0.2, 0.25) is 0 Å². The Labute approximate surface area is 90.8 Å². The molecule has 84 valence electrons. The van der Waals surface area contributed by atoms with Gasteiger partial charge in [0.05, 0.1) is 0 Å². The van der Waals surface area contributed by atoms with Crippen LogP contribution in [0.25, 0.3) is 0 Å². The van der Waals surface area contributed by atoms with Crippen LogP contribution in [0.3, 0.4) is 0 Å². The molecule has 0 rings (SSSR count). The van der Waals surface area contributed by atoms with Gasteiger partial charge in [0.15, 0.2) is 0 Å². The first-order chi connectivity index (χ1) is 6.27. The molecule has 0 amide bonds. The molecule has 0 atom stereocenters. The van der Waals surface area contributed by atoms with Crippen molar-refractivity contribution in [3.8, 4) is 0 Å². The minimum atomic E-state index is 0.309. The number of allylic oxidation sites excluding steroid dienone is 2. The zero-order chi connectivity index (χ0) is 11.4. The standard InChI is InChI=1S/C14H28/c1-8-10-13(4,5)14(6,7)11-12(3)9-2/h11H,8-10H2,1-7H3. The average molecular weight is 196 g/mol. The molecular weight excluding hydrogens is 168 g/mol. The zero-order valence-corrected chi connectivity index (χ0v) is 11.2. The summed E-state index contributed by atoms with van der Waals surface area (Å²) in [4.78, 5) is 0. The highest BCUT2D eigenvalue weighted by atomic mass is 14.4. The van der Waals surface area contributed by atoms with Crippen LogP contribution in [0, 0.1) is 10.8 Å². The molecule has 0 aliphatic carbocycles. The summed E-state index contributed by atoms with van der Waals surface area (Å²) < 4.78 is 0. The summed E-state index contributed by atoms with van der Waals surface area (Å²) in [5.74, 6) is 0. The Morgan fingerprint density at radius 2 is 1.57 bits per heavy atom. The lowest BCUT2D eigenvalue weighted by Crippen LogP contribution is -2.30. The van der Waals surface area contributed by atoms with E-state index >= 15 is 0 Å². The molecule has 0 aromatic carbocycles. The van der Waals surface area contributed by atoms with Crippen molar-refractivity contribution in [1.82, 2.24) is 0 Å². The van der Waals surface area contributed by atoms with E-state index in [4.69, 9.17) is 0 Å². The van der Waals surface area contributed by atoms with Gasteiger partial charge in [-0.3, -0.25) is 0 Å². The topological polar surface area (TPSA) is 0 Å². The summed E-state index contributed by atoms with van der Waals surface area (Å²) in [7, 11) is 0. The Bertz CT molecular complexity index is 194. The van der Waals surface area contributed by atoms with Gasteiger partial charge < -0.3 is 0 Å². The summed E-state index contributed by atoms with van der Waals surface area (Å²) in [5.41, 5.74) is 2.22. The van der Waals surface area contributed by atoms with Gasteiger partial charge in [0.1, 0.15) is 0 Å². The van der Waals surface area contributed by atoms with Gasteiger partial charge in [0.25, 0.3) is 0 Å². The molecule has 0 aromatic rings. The van der Waals surface area contributed by atoms with E-state index in [-0.39, 0.29) is 0 Å². The monoisotopic (exact) mass is 196 g/mol. The molecule has 0 fully saturated rings. The summed E-state index contributed by atoms with van der Waals surface area (Å²) in [6, 6.07) is 0.